The Balaban J connectivity index is 0.00000133. The van der Waals surface area contributed by atoms with Crippen molar-refractivity contribution in [3.63, 3.8) is 0 Å². The molecule has 0 amide bonds. The van der Waals surface area contributed by atoms with Crippen LogP contribution in [0.15, 0.2) is 18.5 Å². The van der Waals surface area contributed by atoms with Crippen molar-refractivity contribution in [3.8, 4) is 0 Å². The second kappa shape index (κ2) is 4.35. The Bertz CT molecular complexity index is 561. The van der Waals surface area contributed by atoms with E-state index in [1.54, 1.807) is 6.07 Å². The van der Waals surface area contributed by atoms with Crippen LogP contribution in [-0.4, -0.2) is 33.5 Å². The molecule has 0 spiro atoms. The maximum absolute atomic E-state index is 13.2. The number of halogens is 1. The summed E-state index contributed by atoms with van der Waals surface area (Å²) in [6.45, 7) is 5.55. The summed E-state index contributed by atoms with van der Waals surface area (Å²) in [4.78, 5) is 9.64. The van der Waals surface area contributed by atoms with Crippen LogP contribution in [0, 0.1) is 5.82 Å². The van der Waals surface area contributed by atoms with Gasteiger partial charge in [0, 0.05) is 31.6 Å². The van der Waals surface area contributed by atoms with E-state index in [0.717, 1.165) is 29.6 Å². The van der Waals surface area contributed by atoms with Gasteiger partial charge < -0.3 is 4.98 Å². The van der Waals surface area contributed by atoms with E-state index < -0.39 is 0 Å². The first-order valence-corrected chi connectivity index (χ1v) is 6.52. The third-order valence-electron chi connectivity index (χ3n) is 4.04. The number of likely N-dealkylation sites (tertiary alicyclic amines) is 1. The highest BCUT2D eigenvalue weighted by Crippen LogP contribution is 2.26. The van der Waals surface area contributed by atoms with E-state index in [2.05, 4.69) is 28.7 Å². The molecule has 3 rings (SSSR count). The normalized spacial score (nSPS) is 24.4. The molecule has 1 aliphatic heterocycles. The minimum atomic E-state index is -0.269. The van der Waals surface area contributed by atoms with Crippen LogP contribution in [0.4, 0.5) is 4.39 Å². The van der Waals surface area contributed by atoms with Crippen molar-refractivity contribution in [3.05, 3.63) is 29.8 Å². The van der Waals surface area contributed by atoms with Crippen LogP contribution in [0.1, 0.15) is 27.3 Å². The van der Waals surface area contributed by atoms with Crippen molar-refractivity contribution < 1.29 is 5.82 Å². The summed E-state index contributed by atoms with van der Waals surface area (Å²) in [5.41, 5.74) is 1.93. The van der Waals surface area contributed by atoms with Crippen molar-refractivity contribution in [1.29, 1.82) is 0 Å². The number of nitrogens with one attached hydrogen (secondary N) is 1. The lowest BCUT2D eigenvalue weighted by Gasteiger charge is -2.45. The van der Waals surface area contributed by atoms with Gasteiger partial charge in [-0.25, -0.2) is 9.37 Å². The molecular weight excluding hydrogens is 229 g/mol. The average Bonchev–Trinajstić information content (AvgIpc) is 2.72. The average molecular weight is 249 g/mol. The number of hydrogen-bond acceptors (Lipinski definition) is 2. The van der Waals surface area contributed by atoms with E-state index in [4.69, 9.17) is 0 Å². The highest BCUT2D eigenvalue weighted by molar-refractivity contribution is 5.79. The molecule has 1 saturated heterocycles. The number of aromatic amines is 1. The van der Waals surface area contributed by atoms with Gasteiger partial charge in [0.15, 0.2) is 0 Å². The first-order chi connectivity index (χ1) is 8.65. The molecule has 0 aromatic carbocycles. The molecule has 3 nitrogen and oxygen atoms in total. The Kier molecular flexibility index (Phi) is 2.82. The zero-order valence-corrected chi connectivity index (χ0v) is 10.8. The van der Waals surface area contributed by atoms with Gasteiger partial charge in [0.1, 0.15) is 11.5 Å². The lowest BCUT2D eigenvalue weighted by molar-refractivity contribution is 0.0396. The molecular formula is C14H20FN3. The van der Waals surface area contributed by atoms with Crippen LogP contribution in [0.3, 0.4) is 0 Å². The van der Waals surface area contributed by atoms with Gasteiger partial charge in [-0.05, 0) is 38.3 Å². The van der Waals surface area contributed by atoms with Crippen LogP contribution in [0.25, 0.3) is 11.0 Å². The molecule has 1 aliphatic rings. The van der Waals surface area contributed by atoms with Crippen LogP contribution < -0.4 is 0 Å². The molecule has 0 saturated carbocycles. The molecule has 2 aromatic rings. The molecule has 4 heteroatoms. The molecule has 3 heterocycles. The zero-order valence-electron chi connectivity index (χ0n) is 10.8. The monoisotopic (exact) mass is 249 g/mol. The number of rotatable bonds is 3. The molecule has 1 fully saturated rings. The molecule has 0 radical (unpaired) electrons. The van der Waals surface area contributed by atoms with E-state index in [1.807, 2.05) is 6.20 Å². The molecule has 2 unspecified atom stereocenters. The number of H-pyrrole nitrogens is 1. The first kappa shape index (κ1) is 11.7. The maximum atomic E-state index is 13.2. The Morgan fingerprint density at radius 1 is 1.50 bits per heavy atom. The Morgan fingerprint density at radius 2 is 2.28 bits per heavy atom. The lowest BCUT2D eigenvalue weighted by Crippen LogP contribution is -2.53. The summed E-state index contributed by atoms with van der Waals surface area (Å²) in [7, 11) is 0. The molecule has 2 atom stereocenters. The highest BCUT2D eigenvalue weighted by Gasteiger charge is 2.30. The van der Waals surface area contributed by atoms with Crippen molar-refractivity contribution in [2.45, 2.75) is 38.8 Å². The summed E-state index contributed by atoms with van der Waals surface area (Å²) in [5, 5.41) is 0.913. The van der Waals surface area contributed by atoms with E-state index in [0.29, 0.717) is 12.1 Å². The summed E-state index contributed by atoms with van der Waals surface area (Å²) in [5.74, 6) is -0.269. The molecule has 0 bridgehead atoms. The van der Waals surface area contributed by atoms with E-state index >= 15 is 0 Å². The summed E-state index contributed by atoms with van der Waals surface area (Å²) >= 11 is 0. The van der Waals surface area contributed by atoms with Gasteiger partial charge in [-0.2, -0.15) is 0 Å². The smallest absolute Gasteiger partial charge is 0.142 e. The van der Waals surface area contributed by atoms with Crippen LogP contribution in [0.2, 0.25) is 0 Å². The summed E-state index contributed by atoms with van der Waals surface area (Å²) in [6, 6.07) is 2.93. The van der Waals surface area contributed by atoms with E-state index in [9.17, 15) is 4.39 Å². The number of nitrogens with zero attached hydrogens (tertiary/aromatic N) is 2. The van der Waals surface area contributed by atoms with Crippen LogP contribution >= 0.6 is 0 Å². The summed E-state index contributed by atoms with van der Waals surface area (Å²) in [6.07, 6.45) is 5.43. The number of fused-ring (bicyclic) bond motifs is 1. The minimum absolute atomic E-state index is 0. The van der Waals surface area contributed by atoms with Gasteiger partial charge in [-0.3, -0.25) is 4.90 Å². The number of pyridine rings is 1. The zero-order chi connectivity index (χ0) is 12.7. The minimum Gasteiger partial charge on any atom is -0.346 e. The largest absolute Gasteiger partial charge is 0.346 e. The van der Waals surface area contributed by atoms with Gasteiger partial charge in [-0.15, -0.1) is 0 Å². The van der Waals surface area contributed by atoms with E-state index in [-0.39, 0.29) is 7.24 Å². The maximum Gasteiger partial charge on any atom is 0.142 e. The molecule has 1 N–H and O–H groups in total. The Hall–Kier alpha value is -1.42. The lowest BCUT2D eigenvalue weighted by atomic mass is 9.95. The predicted octanol–water partition coefficient (Wildman–Crippen LogP) is 2.97. The molecule has 0 aliphatic carbocycles. The predicted molar refractivity (Wildman–Crippen MR) is 72.1 cm³/mol. The van der Waals surface area contributed by atoms with E-state index in [1.165, 1.54) is 12.6 Å². The Labute approximate surface area is 108 Å². The van der Waals surface area contributed by atoms with Crippen LogP contribution in [-0.2, 0) is 6.42 Å². The first-order valence-electron chi connectivity index (χ1n) is 6.52. The number of aromatic nitrogens is 2. The van der Waals surface area contributed by atoms with Gasteiger partial charge >= 0.3 is 0 Å². The quantitative estimate of drug-likeness (QED) is 0.907. The second-order valence-corrected chi connectivity index (χ2v) is 5.29. The van der Waals surface area contributed by atoms with Crippen molar-refractivity contribution >= 4 is 11.0 Å². The fourth-order valence-electron chi connectivity index (χ4n) is 2.99. The third-order valence-corrected chi connectivity index (χ3v) is 4.04. The molecule has 18 heavy (non-hydrogen) atoms. The fraction of sp³-hybridized carbons (Fsp3) is 0.500. The fourth-order valence-corrected chi connectivity index (χ4v) is 2.99. The SMILES string of the molecule is CC1CC(C)N1CCc1c[nH]c2ncc(F)cc12.[HH]. The standard InChI is InChI=1S/C14H18FN3.H2/c1-9-5-10(2)18(9)4-3-11-7-16-14-13(11)6-12(15)8-17-14;/h6-10H,3-5H2,1-2H3,(H,16,17);1H. The third kappa shape index (κ3) is 1.90. The molecule has 2 aromatic heterocycles. The Morgan fingerprint density at radius 3 is 3.00 bits per heavy atom. The second-order valence-electron chi connectivity index (χ2n) is 5.29. The van der Waals surface area contributed by atoms with Crippen LogP contribution in [0.5, 0.6) is 0 Å². The topological polar surface area (TPSA) is 31.9 Å². The van der Waals surface area contributed by atoms with Crippen molar-refractivity contribution in [2.75, 3.05) is 6.54 Å². The molecule has 98 valence electrons. The summed E-state index contributed by atoms with van der Waals surface area (Å²) < 4.78 is 13.2. The van der Waals surface area contributed by atoms with Gasteiger partial charge in [0.05, 0.1) is 6.20 Å². The van der Waals surface area contributed by atoms with Crippen molar-refractivity contribution in [2.24, 2.45) is 0 Å². The van der Waals surface area contributed by atoms with Gasteiger partial charge in [0.25, 0.3) is 0 Å². The highest BCUT2D eigenvalue weighted by atomic mass is 19.1. The van der Waals surface area contributed by atoms with Gasteiger partial charge in [-0.1, -0.05) is 0 Å². The number of hydrogen-bond donors (Lipinski definition) is 1. The van der Waals surface area contributed by atoms with Crippen molar-refractivity contribution in [1.82, 2.24) is 14.9 Å². The van der Waals surface area contributed by atoms with Gasteiger partial charge in [0.2, 0.25) is 0 Å².